The van der Waals surface area contributed by atoms with Crippen molar-refractivity contribution in [1.29, 1.82) is 0 Å². The van der Waals surface area contributed by atoms with Gasteiger partial charge in [-0.1, -0.05) is 29.3 Å². The molecule has 0 amide bonds. The van der Waals surface area contributed by atoms with Crippen LogP contribution in [0.4, 0.5) is 0 Å². The summed E-state index contributed by atoms with van der Waals surface area (Å²) >= 11 is 11.7. The highest BCUT2D eigenvalue weighted by Gasteiger charge is 2.23. The second kappa shape index (κ2) is 7.01. The fraction of sp³-hybridized carbons (Fsp3) is 0.455. The van der Waals surface area contributed by atoms with E-state index in [0.717, 1.165) is 5.56 Å². The lowest BCUT2D eigenvalue weighted by Gasteiger charge is -2.23. The van der Waals surface area contributed by atoms with Crippen LogP contribution in [0, 0.1) is 0 Å². The van der Waals surface area contributed by atoms with Gasteiger partial charge in [-0.15, -0.1) is 9.24 Å². The summed E-state index contributed by atoms with van der Waals surface area (Å²) in [6, 6.07) is 4.46. The van der Waals surface area contributed by atoms with E-state index in [-0.39, 0.29) is 5.66 Å². The smallest absolute Gasteiger partial charge is 0.179 e. The summed E-state index contributed by atoms with van der Waals surface area (Å²) in [4.78, 5) is 0. The molecular weight excluding hydrogens is 296 g/mol. The second-order valence-corrected chi connectivity index (χ2v) is 5.70. The van der Waals surface area contributed by atoms with E-state index in [1.165, 1.54) is 0 Å². The molecule has 0 saturated heterocycles. The summed E-state index contributed by atoms with van der Waals surface area (Å²) in [5.41, 5.74) is 6.51. The molecule has 5 N–H and O–H groups in total. The lowest BCUT2D eigenvalue weighted by molar-refractivity contribution is -0.129. The zero-order valence-corrected chi connectivity index (χ0v) is 12.2. The van der Waals surface area contributed by atoms with Crippen molar-refractivity contribution < 1.29 is 15.3 Å². The van der Waals surface area contributed by atoms with Gasteiger partial charge in [-0.3, -0.25) is 0 Å². The number of hydrogen-bond acceptors (Lipinski definition) is 4. The Kier molecular flexibility index (Phi) is 6.28. The molecule has 0 radical (unpaired) electrons. The minimum absolute atomic E-state index is 0.0665. The van der Waals surface area contributed by atoms with Crippen molar-refractivity contribution >= 4 is 32.4 Å². The highest BCUT2D eigenvalue weighted by Crippen LogP contribution is 2.32. The minimum Gasteiger partial charge on any atom is -0.386 e. The number of nitrogens with two attached hydrogens (primary N) is 1. The van der Waals surface area contributed by atoms with Gasteiger partial charge in [0.25, 0.3) is 0 Å². The highest BCUT2D eigenvalue weighted by molar-refractivity contribution is 7.17. The highest BCUT2D eigenvalue weighted by atomic mass is 35.5. The van der Waals surface area contributed by atoms with Crippen molar-refractivity contribution in [2.75, 3.05) is 0 Å². The zero-order chi connectivity index (χ0) is 13.9. The molecule has 4 atom stereocenters. The molecule has 0 bridgehead atoms. The molecule has 18 heavy (non-hydrogen) atoms. The Balaban J connectivity index is 2.70. The Labute approximate surface area is 118 Å². The van der Waals surface area contributed by atoms with Crippen molar-refractivity contribution in [2.24, 2.45) is 5.73 Å². The fourth-order valence-electron chi connectivity index (χ4n) is 1.53. The van der Waals surface area contributed by atoms with Crippen LogP contribution in [0.25, 0.3) is 0 Å². The molecule has 1 rings (SSSR count). The number of hydrogen-bond donors (Lipinski definition) is 4. The van der Waals surface area contributed by atoms with E-state index in [4.69, 9.17) is 39.1 Å². The van der Waals surface area contributed by atoms with Gasteiger partial charge in [0, 0.05) is 11.7 Å². The van der Waals surface area contributed by atoms with Crippen molar-refractivity contribution in [3.8, 4) is 0 Å². The summed E-state index contributed by atoms with van der Waals surface area (Å²) < 4.78 is 0. The SMILES string of the molecule is NC(CC(P)c1ccc(Cl)c(Cl)c1)C(O)C(O)O. The molecule has 0 heterocycles. The zero-order valence-electron chi connectivity index (χ0n) is 9.50. The predicted molar refractivity (Wildman–Crippen MR) is 75.7 cm³/mol. The minimum atomic E-state index is -1.84. The van der Waals surface area contributed by atoms with Crippen LogP contribution in [-0.4, -0.2) is 33.8 Å². The third-order valence-corrected chi connectivity index (χ3v) is 4.04. The Bertz CT molecular complexity index is 406. The summed E-state index contributed by atoms with van der Waals surface area (Å²) in [6.07, 6.45) is -2.86. The number of halogens is 2. The Morgan fingerprint density at radius 1 is 1.17 bits per heavy atom. The van der Waals surface area contributed by atoms with Gasteiger partial charge in [0.2, 0.25) is 0 Å². The van der Waals surface area contributed by atoms with Crippen LogP contribution in [0.5, 0.6) is 0 Å². The molecule has 4 unspecified atom stereocenters. The molecule has 0 spiro atoms. The van der Waals surface area contributed by atoms with E-state index in [0.29, 0.717) is 16.5 Å². The summed E-state index contributed by atoms with van der Waals surface area (Å²) in [5.74, 6) is 0. The maximum absolute atomic E-state index is 9.41. The first-order valence-corrected chi connectivity index (χ1v) is 6.75. The molecule has 1 aromatic carbocycles. The van der Waals surface area contributed by atoms with Crippen LogP contribution in [0.3, 0.4) is 0 Å². The third kappa shape index (κ3) is 4.32. The maximum atomic E-state index is 9.41. The topological polar surface area (TPSA) is 86.7 Å². The number of benzene rings is 1. The lowest BCUT2D eigenvalue weighted by atomic mass is 10.0. The van der Waals surface area contributed by atoms with Crippen LogP contribution < -0.4 is 5.73 Å². The van der Waals surface area contributed by atoms with Gasteiger partial charge >= 0.3 is 0 Å². The van der Waals surface area contributed by atoms with Crippen molar-refractivity contribution in [1.82, 2.24) is 0 Å². The first-order valence-electron chi connectivity index (χ1n) is 5.33. The number of aliphatic hydroxyl groups is 3. The van der Waals surface area contributed by atoms with Crippen LogP contribution in [0.15, 0.2) is 18.2 Å². The average molecular weight is 312 g/mol. The fourth-order valence-corrected chi connectivity index (χ4v) is 2.36. The molecule has 4 nitrogen and oxygen atoms in total. The Morgan fingerprint density at radius 3 is 2.28 bits per heavy atom. The second-order valence-electron chi connectivity index (χ2n) is 4.08. The van der Waals surface area contributed by atoms with Crippen molar-refractivity contribution in [3.63, 3.8) is 0 Å². The van der Waals surface area contributed by atoms with E-state index >= 15 is 0 Å². The van der Waals surface area contributed by atoms with E-state index < -0.39 is 18.4 Å². The van der Waals surface area contributed by atoms with Crippen LogP contribution >= 0.6 is 32.4 Å². The third-order valence-electron chi connectivity index (χ3n) is 2.64. The molecular formula is C11H16Cl2NO3P. The number of rotatable bonds is 5. The van der Waals surface area contributed by atoms with E-state index in [2.05, 4.69) is 9.24 Å². The quantitative estimate of drug-likeness (QED) is 0.487. The van der Waals surface area contributed by atoms with Crippen LogP contribution in [0.1, 0.15) is 17.6 Å². The normalized spacial score (nSPS) is 16.7. The first kappa shape index (κ1) is 16.1. The molecule has 0 saturated carbocycles. The van der Waals surface area contributed by atoms with Crippen molar-refractivity contribution in [3.05, 3.63) is 33.8 Å². The molecule has 1 aromatic rings. The summed E-state index contributed by atoms with van der Waals surface area (Å²) in [6.45, 7) is 0. The average Bonchev–Trinajstić information content (AvgIpc) is 2.31. The monoisotopic (exact) mass is 311 g/mol. The van der Waals surface area contributed by atoms with Crippen molar-refractivity contribution in [2.45, 2.75) is 30.5 Å². The lowest BCUT2D eigenvalue weighted by Crippen LogP contribution is -2.43. The van der Waals surface area contributed by atoms with Crippen LogP contribution in [-0.2, 0) is 0 Å². The Morgan fingerprint density at radius 2 is 1.78 bits per heavy atom. The molecule has 102 valence electrons. The molecule has 0 aliphatic heterocycles. The number of aliphatic hydroxyl groups excluding tert-OH is 2. The molecule has 0 fully saturated rings. The van der Waals surface area contributed by atoms with Gasteiger partial charge in [-0.25, -0.2) is 0 Å². The molecule has 7 heteroatoms. The van der Waals surface area contributed by atoms with Gasteiger partial charge in [0.15, 0.2) is 6.29 Å². The molecule has 0 aromatic heterocycles. The van der Waals surface area contributed by atoms with E-state index in [1.807, 2.05) is 0 Å². The van der Waals surface area contributed by atoms with Gasteiger partial charge < -0.3 is 21.1 Å². The standard InChI is InChI=1S/C11H16Cl2NO3P/c12-6-2-1-5(3-7(6)13)9(18)4-8(14)10(15)11(16)17/h1-3,8-11,15-17H,4,14,18H2. The van der Waals surface area contributed by atoms with E-state index in [1.54, 1.807) is 18.2 Å². The van der Waals surface area contributed by atoms with Gasteiger partial charge in [-0.05, 0) is 24.1 Å². The van der Waals surface area contributed by atoms with Crippen LogP contribution in [0.2, 0.25) is 10.0 Å². The summed E-state index contributed by atoms with van der Waals surface area (Å²) in [5, 5.41) is 28.0. The molecule has 0 aliphatic rings. The Hall–Kier alpha value is 0.0700. The van der Waals surface area contributed by atoms with Gasteiger partial charge in [-0.2, -0.15) is 0 Å². The first-order chi connectivity index (χ1) is 8.32. The predicted octanol–water partition coefficient (Wildman–Crippen LogP) is 1.30. The van der Waals surface area contributed by atoms with E-state index in [9.17, 15) is 5.11 Å². The van der Waals surface area contributed by atoms with Gasteiger partial charge in [0.05, 0.1) is 10.0 Å². The molecule has 0 aliphatic carbocycles. The van der Waals surface area contributed by atoms with Gasteiger partial charge in [0.1, 0.15) is 6.10 Å². The largest absolute Gasteiger partial charge is 0.386 e. The summed E-state index contributed by atoms with van der Waals surface area (Å²) in [7, 11) is 2.58. The maximum Gasteiger partial charge on any atom is 0.179 e.